The van der Waals surface area contributed by atoms with Crippen LogP contribution in [0, 0.1) is 0 Å². The Kier molecular flexibility index (Phi) is 13.3. The Morgan fingerprint density at radius 3 is 1.26 bits per heavy atom. The third-order valence-corrected chi connectivity index (χ3v) is 15.6. The van der Waals surface area contributed by atoms with E-state index >= 15 is 0 Å². The van der Waals surface area contributed by atoms with Crippen molar-refractivity contribution in [2.75, 3.05) is 19.8 Å². The second-order valence-electron chi connectivity index (χ2n) is 12.5. The van der Waals surface area contributed by atoms with Gasteiger partial charge >= 0.3 is 335 Å². The van der Waals surface area contributed by atoms with Gasteiger partial charge in [-0.25, -0.2) is 0 Å². The molecule has 0 fully saturated rings. The monoisotopic (exact) mass is 825 g/mol. The molecule has 0 aromatic heterocycles. The molecule has 1 atom stereocenters. The molecule has 0 bridgehead atoms. The molecule has 1 aliphatic rings. The number of hydrogen-bond donors (Lipinski definition) is 3. The van der Waals surface area contributed by atoms with Crippen molar-refractivity contribution in [1.29, 1.82) is 0 Å². The van der Waals surface area contributed by atoms with E-state index in [-0.39, 0.29) is 47.6 Å². The van der Waals surface area contributed by atoms with Crippen molar-refractivity contribution in [3.63, 3.8) is 0 Å². The van der Waals surface area contributed by atoms with Crippen molar-refractivity contribution >= 4 is 24.6 Å². The van der Waals surface area contributed by atoms with Crippen molar-refractivity contribution in [1.82, 2.24) is 9.21 Å². The van der Waals surface area contributed by atoms with Crippen molar-refractivity contribution in [3.05, 3.63) is 180 Å². The van der Waals surface area contributed by atoms with E-state index in [1.165, 1.54) is 9.21 Å². The molecule has 0 saturated carbocycles. The number of aliphatic hydroxyl groups is 3. The van der Waals surface area contributed by atoms with Gasteiger partial charge in [0, 0.05) is 0 Å². The van der Waals surface area contributed by atoms with Crippen molar-refractivity contribution in [3.8, 4) is 34.5 Å². The standard InChI is InChI=1S/C42H42N3O9P3/c46-31-28-34-16-10-13-25-40(34)52-57(53-41-26-14-11-17-35(41)29-32-47,54-42-27-15-12-18-36(42)30-33-48)43-55-44(49-37-19-4-1-5-20-37)56(51-39-23-8-3-9-24-39)45(57)50-38-21-6-2-7-22-38/h1-27,46-48H,28-33H2. The predicted octanol–water partition coefficient (Wildman–Crippen LogP) is 9.91. The van der Waals surface area contributed by atoms with Crippen LogP contribution in [0.15, 0.2) is 168 Å². The van der Waals surface area contributed by atoms with Gasteiger partial charge in [-0.05, 0) is 0 Å². The Labute approximate surface area is 334 Å². The summed E-state index contributed by atoms with van der Waals surface area (Å²) in [5.41, 5.74) is 1.93. The molecule has 1 heterocycles. The first kappa shape index (κ1) is 40.1. The minimum absolute atomic E-state index is 0.147. The molecule has 0 radical (unpaired) electrons. The number of aliphatic hydroxyl groups excluding tert-OH is 3. The topological polar surface area (TPSA) is 135 Å². The molecule has 1 aliphatic heterocycles. The maximum absolute atomic E-state index is 10.2. The first-order chi connectivity index (χ1) is 28.0. The Morgan fingerprint density at radius 2 is 0.842 bits per heavy atom. The van der Waals surface area contributed by atoms with E-state index in [9.17, 15) is 15.3 Å². The van der Waals surface area contributed by atoms with E-state index in [0.29, 0.717) is 51.2 Å². The zero-order chi connectivity index (χ0) is 39.4. The molecule has 6 aromatic rings. The number of nitrogens with zero attached hydrogens (tertiary/aromatic N) is 3. The Balaban J connectivity index is 1.57. The maximum atomic E-state index is 10.2. The molecule has 294 valence electrons. The van der Waals surface area contributed by atoms with E-state index in [1.807, 2.05) is 115 Å². The summed E-state index contributed by atoms with van der Waals surface area (Å²) in [4.78, 5) is 13.5. The summed E-state index contributed by atoms with van der Waals surface area (Å²) in [5.74, 6) is 2.26. The van der Waals surface area contributed by atoms with Crippen LogP contribution in [0.2, 0.25) is 0 Å². The van der Waals surface area contributed by atoms with Crippen LogP contribution < -0.4 is 27.8 Å². The second-order valence-corrected chi connectivity index (χ2v) is 18.3. The molecule has 0 aliphatic carbocycles. The van der Waals surface area contributed by atoms with Crippen LogP contribution >= 0.6 is 24.6 Å². The third kappa shape index (κ3) is 9.37. The van der Waals surface area contributed by atoms with Crippen molar-refractivity contribution in [2.24, 2.45) is 4.52 Å². The van der Waals surface area contributed by atoms with E-state index in [0.717, 1.165) is 0 Å². The first-order valence-corrected chi connectivity index (χ1v) is 22.1. The summed E-state index contributed by atoms with van der Waals surface area (Å²) in [6.45, 7) is -0.503. The van der Waals surface area contributed by atoms with Crippen molar-refractivity contribution in [2.45, 2.75) is 19.3 Å². The summed E-state index contributed by atoms with van der Waals surface area (Å²) in [6.07, 6.45) is 0.710. The van der Waals surface area contributed by atoms with E-state index in [1.54, 1.807) is 48.5 Å². The summed E-state index contributed by atoms with van der Waals surface area (Å²) in [5, 5.41) is 30.6. The molecular weight excluding hydrogens is 783 g/mol. The molecule has 15 heteroatoms. The van der Waals surface area contributed by atoms with Gasteiger partial charge in [0.2, 0.25) is 0 Å². The molecule has 7 rings (SSSR count). The number of hydrogen-bond acceptors (Lipinski definition) is 12. The summed E-state index contributed by atoms with van der Waals surface area (Å²) in [7, 11) is -7.81. The van der Waals surface area contributed by atoms with Crippen LogP contribution in [0.4, 0.5) is 0 Å². The fourth-order valence-corrected chi connectivity index (χ4v) is 13.6. The average molecular weight is 826 g/mol. The van der Waals surface area contributed by atoms with E-state index in [2.05, 4.69) is 0 Å². The zero-order valence-electron chi connectivity index (χ0n) is 30.8. The molecule has 0 amide bonds. The normalized spacial score (nSPS) is 17.0. The first-order valence-electron chi connectivity index (χ1n) is 18.2. The SMILES string of the molecule is OCCc1ccccc1OP1(Oc2ccccc2CCO)(Oc2ccccc2CCO)N=PN(Oc2ccccc2)P(Oc2ccccc2)N1Oc1ccccc1. The average Bonchev–Trinajstić information content (AvgIpc) is 3.24. The molecule has 0 saturated heterocycles. The number of benzene rings is 6. The van der Waals surface area contributed by atoms with Gasteiger partial charge < -0.3 is 0 Å². The summed E-state index contributed by atoms with van der Waals surface area (Å²) >= 11 is 0. The van der Waals surface area contributed by atoms with Crippen molar-refractivity contribution < 1.29 is 43.1 Å². The molecule has 57 heavy (non-hydrogen) atoms. The van der Waals surface area contributed by atoms with Crippen LogP contribution in [-0.4, -0.2) is 44.3 Å². The zero-order valence-corrected chi connectivity index (χ0v) is 33.5. The fourth-order valence-electron chi connectivity index (χ4n) is 5.80. The molecule has 1 unspecified atom stereocenters. The van der Waals surface area contributed by atoms with Crippen LogP contribution in [0.5, 0.6) is 34.5 Å². The van der Waals surface area contributed by atoms with Crippen LogP contribution in [0.3, 0.4) is 0 Å². The Bertz CT molecular complexity index is 2100. The van der Waals surface area contributed by atoms with Gasteiger partial charge in [0.15, 0.2) is 0 Å². The number of rotatable bonds is 18. The van der Waals surface area contributed by atoms with Gasteiger partial charge in [-0.1, -0.05) is 0 Å². The van der Waals surface area contributed by atoms with Gasteiger partial charge in [-0.15, -0.1) is 0 Å². The van der Waals surface area contributed by atoms with E-state index in [4.69, 9.17) is 32.3 Å². The fraction of sp³-hybridized carbons (Fsp3) is 0.143. The molecule has 6 aromatic carbocycles. The van der Waals surface area contributed by atoms with Gasteiger partial charge in [-0.3, -0.25) is 0 Å². The Hall–Kier alpha value is -5.12. The van der Waals surface area contributed by atoms with Crippen LogP contribution in [-0.2, 0) is 19.3 Å². The quantitative estimate of drug-likeness (QED) is 0.0715. The van der Waals surface area contributed by atoms with Gasteiger partial charge in [-0.2, -0.15) is 0 Å². The molecule has 12 nitrogen and oxygen atoms in total. The molecule has 0 spiro atoms. The summed E-state index contributed by atoms with van der Waals surface area (Å²) < 4.78 is 37.3. The predicted molar refractivity (Wildman–Crippen MR) is 222 cm³/mol. The van der Waals surface area contributed by atoms with Gasteiger partial charge in [0.25, 0.3) is 0 Å². The Morgan fingerprint density at radius 1 is 0.474 bits per heavy atom. The minimum atomic E-state index is -5.61. The van der Waals surface area contributed by atoms with Gasteiger partial charge in [0.05, 0.1) is 0 Å². The number of para-hydroxylation sites is 6. The van der Waals surface area contributed by atoms with E-state index < -0.39 is 16.0 Å². The van der Waals surface area contributed by atoms with Crippen LogP contribution in [0.1, 0.15) is 16.7 Å². The molecular formula is C42H42N3O9P3. The third-order valence-electron chi connectivity index (χ3n) is 8.46. The van der Waals surface area contributed by atoms with Crippen LogP contribution in [0.25, 0.3) is 0 Å². The molecule has 3 N–H and O–H groups in total. The van der Waals surface area contributed by atoms with Gasteiger partial charge in [0.1, 0.15) is 0 Å². The summed E-state index contributed by atoms with van der Waals surface area (Å²) in [6, 6.07) is 49.3. The second kappa shape index (κ2) is 18.9.